The molecule has 6 nitrogen and oxygen atoms in total. The van der Waals surface area contributed by atoms with E-state index < -0.39 is 0 Å². The molecule has 0 radical (unpaired) electrons. The summed E-state index contributed by atoms with van der Waals surface area (Å²) < 4.78 is 13.0. The molecule has 1 aliphatic heterocycles. The van der Waals surface area contributed by atoms with Crippen LogP contribution in [0, 0.1) is 11.7 Å². The van der Waals surface area contributed by atoms with Gasteiger partial charge in [-0.3, -0.25) is 14.4 Å². The first-order valence-corrected chi connectivity index (χ1v) is 9.70. The molecule has 1 saturated heterocycles. The number of carbonyl (C=O) groups is 3. The van der Waals surface area contributed by atoms with Crippen molar-refractivity contribution in [3.8, 4) is 0 Å². The van der Waals surface area contributed by atoms with Crippen molar-refractivity contribution in [1.82, 2.24) is 15.5 Å². The van der Waals surface area contributed by atoms with Gasteiger partial charge in [-0.25, -0.2) is 4.39 Å². The minimum Gasteiger partial charge on any atom is -0.354 e. The van der Waals surface area contributed by atoms with Crippen molar-refractivity contribution in [1.29, 1.82) is 0 Å². The molecule has 3 rings (SSSR count). The van der Waals surface area contributed by atoms with E-state index in [0.29, 0.717) is 50.1 Å². The molecule has 152 valence electrons. The molecule has 2 aromatic rings. The van der Waals surface area contributed by atoms with Crippen molar-refractivity contribution in [2.75, 3.05) is 26.2 Å². The molecule has 0 unspecified atom stereocenters. The van der Waals surface area contributed by atoms with Crippen LogP contribution in [-0.4, -0.2) is 48.8 Å². The molecule has 3 amide bonds. The van der Waals surface area contributed by atoms with Gasteiger partial charge in [0.2, 0.25) is 5.91 Å². The summed E-state index contributed by atoms with van der Waals surface area (Å²) in [7, 11) is 0. The normalized spacial score (nSPS) is 14.3. The highest BCUT2D eigenvalue weighted by Crippen LogP contribution is 2.19. The maximum Gasteiger partial charge on any atom is 0.253 e. The molecule has 0 saturated carbocycles. The van der Waals surface area contributed by atoms with E-state index in [1.54, 1.807) is 29.2 Å². The van der Waals surface area contributed by atoms with Crippen LogP contribution in [0.25, 0.3) is 0 Å². The number of nitrogens with one attached hydrogen (secondary N) is 2. The second kappa shape index (κ2) is 9.82. The van der Waals surface area contributed by atoms with E-state index in [1.165, 1.54) is 24.3 Å². The zero-order chi connectivity index (χ0) is 20.6. The van der Waals surface area contributed by atoms with Gasteiger partial charge in [-0.2, -0.15) is 0 Å². The molecule has 0 spiro atoms. The van der Waals surface area contributed by atoms with Gasteiger partial charge in [-0.1, -0.05) is 18.2 Å². The predicted octanol–water partition coefficient (Wildman–Crippen LogP) is 2.22. The standard InChI is InChI=1S/C22H24FN3O3/c23-19-8-6-18(7-9-19)22(29)26-14-10-17(11-15-26)21(28)25-13-12-24-20(27)16-4-2-1-3-5-16/h1-9,17H,10-15H2,(H,24,27)(H,25,28). The number of benzene rings is 2. The lowest BCUT2D eigenvalue weighted by atomic mass is 9.95. The maximum absolute atomic E-state index is 13.0. The van der Waals surface area contributed by atoms with Gasteiger partial charge in [-0.05, 0) is 49.2 Å². The topological polar surface area (TPSA) is 78.5 Å². The molecular formula is C22H24FN3O3. The maximum atomic E-state index is 13.0. The van der Waals surface area contributed by atoms with Gasteiger partial charge in [0.25, 0.3) is 11.8 Å². The summed E-state index contributed by atoms with van der Waals surface area (Å²) in [5.41, 5.74) is 1.03. The molecule has 1 heterocycles. The molecule has 0 bridgehead atoms. The number of hydrogen-bond acceptors (Lipinski definition) is 3. The summed E-state index contributed by atoms with van der Waals surface area (Å²) in [6.45, 7) is 1.67. The number of rotatable bonds is 6. The lowest BCUT2D eigenvalue weighted by molar-refractivity contribution is -0.126. The van der Waals surface area contributed by atoms with Gasteiger partial charge in [0.1, 0.15) is 5.82 Å². The fourth-order valence-electron chi connectivity index (χ4n) is 3.32. The Bertz CT molecular complexity index is 847. The Morgan fingerprint density at radius 2 is 1.48 bits per heavy atom. The molecule has 7 heteroatoms. The average molecular weight is 397 g/mol. The van der Waals surface area contributed by atoms with Crippen LogP contribution in [0.15, 0.2) is 54.6 Å². The second-order valence-corrected chi connectivity index (χ2v) is 6.99. The van der Waals surface area contributed by atoms with Crippen LogP contribution >= 0.6 is 0 Å². The lowest BCUT2D eigenvalue weighted by Gasteiger charge is -2.31. The number of likely N-dealkylation sites (tertiary alicyclic amines) is 1. The van der Waals surface area contributed by atoms with Crippen molar-refractivity contribution in [3.05, 3.63) is 71.5 Å². The van der Waals surface area contributed by atoms with E-state index in [1.807, 2.05) is 6.07 Å². The number of piperidine rings is 1. The Labute approximate surface area is 169 Å². The highest BCUT2D eigenvalue weighted by molar-refractivity contribution is 5.94. The van der Waals surface area contributed by atoms with Gasteiger partial charge in [0, 0.05) is 43.2 Å². The first-order chi connectivity index (χ1) is 14.0. The molecule has 1 aliphatic rings. The van der Waals surface area contributed by atoms with Crippen LogP contribution in [0.2, 0.25) is 0 Å². The molecule has 1 fully saturated rings. The van der Waals surface area contributed by atoms with E-state index in [-0.39, 0.29) is 29.5 Å². The summed E-state index contributed by atoms with van der Waals surface area (Å²) in [6, 6.07) is 14.4. The van der Waals surface area contributed by atoms with Gasteiger partial charge in [0.15, 0.2) is 0 Å². The summed E-state index contributed by atoms with van der Waals surface area (Å²) in [5, 5.41) is 5.61. The predicted molar refractivity (Wildman–Crippen MR) is 107 cm³/mol. The van der Waals surface area contributed by atoms with Gasteiger partial charge >= 0.3 is 0 Å². The molecule has 0 atom stereocenters. The molecule has 0 aromatic heterocycles. The Morgan fingerprint density at radius 3 is 2.14 bits per heavy atom. The number of carbonyl (C=O) groups excluding carboxylic acids is 3. The van der Waals surface area contributed by atoms with E-state index in [0.717, 1.165) is 0 Å². The van der Waals surface area contributed by atoms with Crippen LogP contribution in [0.1, 0.15) is 33.6 Å². The van der Waals surface area contributed by atoms with Crippen LogP contribution in [0.5, 0.6) is 0 Å². The SMILES string of the molecule is O=C(NCCNC(=O)C1CCN(C(=O)c2ccc(F)cc2)CC1)c1ccccc1. The zero-order valence-electron chi connectivity index (χ0n) is 16.1. The van der Waals surface area contributed by atoms with Crippen molar-refractivity contribution < 1.29 is 18.8 Å². The van der Waals surface area contributed by atoms with Crippen molar-refractivity contribution in [3.63, 3.8) is 0 Å². The summed E-state index contributed by atoms with van der Waals surface area (Å²) in [6.07, 6.45) is 1.16. The molecule has 0 aliphatic carbocycles. The first kappa shape index (κ1) is 20.5. The van der Waals surface area contributed by atoms with E-state index >= 15 is 0 Å². The number of nitrogens with zero attached hydrogens (tertiary/aromatic N) is 1. The Hall–Kier alpha value is -3.22. The third-order valence-corrected chi connectivity index (χ3v) is 4.99. The Kier molecular flexibility index (Phi) is 6.94. The average Bonchev–Trinajstić information content (AvgIpc) is 2.77. The lowest BCUT2D eigenvalue weighted by Crippen LogP contribution is -2.44. The van der Waals surface area contributed by atoms with Gasteiger partial charge < -0.3 is 15.5 Å². The fourth-order valence-corrected chi connectivity index (χ4v) is 3.32. The van der Waals surface area contributed by atoms with E-state index in [2.05, 4.69) is 10.6 Å². The monoisotopic (exact) mass is 397 g/mol. The number of hydrogen-bond donors (Lipinski definition) is 2. The van der Waals surface area contributed by atoms with E-state index in [9.17, 15) is 18.8 Å². The third-order valence-electron chi connectivity index (χ3n) is 4.99. The van der Waals surface area contributed by atoms with Crippen molar-refractivity contribution in [2.45, 2.75) is 12.8 Å². The Balaban J connectivity index is 1.37. The van der Waals surface area contributed by atoms with E-state index in [4.69, 9.17) is 0 Å². The van der Waals surface area contributed by atoms with Crippen LogP contribution in [0.4, 0.5) is 4.39 Å². The molecule has 2 aromatic carbocycles. The number of halogens is 1. The highest BCUT2D eigenvalue weighted by atomic mass is 19.1. The minimum absolute atomic E-state index is 0.0622. The summed E-state index contributed by atoms with van der Waals surface area (Å²) in [5.74, 6) is -0.915. The Morgan fingerprint density at radius 1 is 0.862 bits per heavy atom. The summed E-state index contributed by atoms with van der Waals surface area (Å²) >= 11 is 0. The molecule has 29 heavy (non-hydrogen) atoms. The van der Waals surface area contributed by atoms with Gasteiger partial charge in [0.05, 0.1) is 0 Å². The smallest absolute Gasteiger partial charge is 0.253 e. The largest absolute Gasteiger partial charge is 0.354 e. The third kappa shape index (κ3) is 5.63. The zero-order valence-corrected chi connectivity index (χ0v) is 16.1. The fraction of sp³-hybridized carbons (Fsp3) is 0.318. The first-order valence-electron chi connectivity index (χ1n) is 9.70. The van der Waals surface area contributed by atoms with Crippen LogP contribution in [-0.2, 0) is 4.79 Å². The van der Waals surface area contributed by atoms with Crippen molar-refractivity contribution >= 4 is 17.7 Å². The van der Waals surface area contributed by atoms with Crippen LogP contribution < -0.4 is 10.6 Å². The highest BCUT2D eigenvalue weighted by Gasteiger charge is 2.27. The number of amides is 3. The summed E-state index contributed by atoms with van der Waals surface area (Å²) in [4.78, 5) is 38.4. The van der Waals surface area contributed by atoms with Gasteiger partial charge in [-0.15, -0.1) is 0 Å². The molecular weight excluding hydrogens is 373 g/mol. The van der Waals surface area contributed by atoms with Crippen molar-refractivity contribution in [2.24, 2.45) is 5.92 Å². The van der Waals surface area contributed by atoms with Crippen LogP contribution in [0.3, 0.4) is 0 Å². The molecule has 2 N–H and O–H groups in total. The minimum atomic E-state index is -0.378. The second-order valence-electron chi connectivity index (χ2n) is 6.99. The quantitative estimate of drug-likeness (QED) is 0.734.